The van der Waals surface area contributed by atoms with Crippen LogP contribution in [-0.4, -0.2) is 44.5 Å². The van der Waals surface area contributed by atoms with Gasteiger partial charge in [-0.3, -0.25) is 4.79 Å². The number of rotatable bonds is 9. The average Bonchev–Trinajstić information content (AvgIpc) is 2.89. The first-order valence-corrected chi connectivity index (χ1v) is 11.9. The van der Waals surface area contributed by atoms with Crippen molar-refractivity contribution >= 4 is 23.7 Å². The summed E-state index contributed by atoms with van der Waals surface area (Å²) in [6.07, 6.45) is -1.05. The van der Waals surface area contributed by atoms with Crippen LogP contribution in [0.15, 0.2) is 54.6 Å². The van der Waals surface area contributed by atoms with Gasteiger partial charge in [-0.2, -0.15) is 0 Å². The Kier molecular flexibility index (Phi) is 8.25. The molecule has 1 unspecified atom stereocenters. The lowest BCUT2D eigenvalue weighted by Gasteiger charge is -2.25. The van der Waals surface area contributed by atoms with Crippen molar-refractivity contribution in [3.8, 4) is 28.7 Å². The number of benzene rings is 3. The van der Waals surface area contributed by atoms with Crippen LogP contribution in [0, 0.1) is 0 Å². The topological polar surface area (TPSA) is 113 Å². The molecule has 1 aliphatic rings. The molecule has 1 aliphatic heterocycles. The zero-order valence-electron chi connectivity index (χ0n) is 20.3. The molecular formula is C27H26ClNO8. The molecule has 0 saturated carbocycles. The molecule has 0 bridgehead atoms. The molecule has 194 valence electrons. The third-order valence-electron chi connectivity index (χ3n) is 5.80. The number of carbonyl (C=O) groups is 2. The number of carboxylic acid groups (broad SMARTS) is 1. The van der Waals surface area contributed by atoms with E-state index < -0.39 is 12.3 Å². The Morgan fingerprint density at radius 3 is 2.57 bits per heavy atom. The summed E-state index contributed by atoms with van der Waals surface area (Å²) in [5.41, 5.74) is 1.95. The second-order valence-corrected chi connectivity index (χ2v) is 8.52. The summed E-state index contributed by atoms with van der Waals surface area (Å²) in [5.74, 6) is 2.31. The Hall–Kier alpha value is -4.11. The number of fused-ring (bicyclic) bond motifs is 1. The van der Waals surface area contributed by atoms with Gasteiger partial charge in [0.15, 0.2) is 11.5 Å². The van der Waals surface area contributed by atoms with E-state index >= 15 is 0 Å². The van der Waals surface area contributed by atoms with E-state index in [9.17, 15) is 9.59 Å². The van der Waals surface area contributed by atoms with Crippen LogP contribution in [0.25, 0.3) is 0 Å². The molecule has 0 radical (unpaired) electrons. The van der Waals surface area contributed by atoms with Gasteiger partial charge in [-0.15, -0.1) is 0 Å². The van der Waals surface area contributed by atoms with Crippen LogP contribution < -0.4 is 24.3 Å². The molecule has 1 amide bonds. The number of methoxy groups -OCH3 is 2. The Balaban J connectivity index is 1.37. The van der Waals surface area contributed by atoms with E-state index in [4.69, 9.17) is 40.4 Å². The molecule has 0 fully saturated rings. The molecule has 0 spiro atoms. The number of para-hydroxylation sites is 1. The minimum atomic E-state index is -1.36. The SMILES string of the molecule is COc1cccc(CCNC(=O)c2ccc(Oc3cc4c(cc3Cl)C(OC(=O)O)CCO4)cc2)c1OC. The maximum Gasteiger partial charge on any atom is 0.506 e. The van der Waals surface area contributed by atoms with Crippen LogP contribution in [0.1, 0.15) is 34.0 Å². The summed E-state index contributed by atoms with van der Waals surface area (Å²) in [5, 5.41) is 12.1. The van der Waals surface area contributed by atoms with Gasteiger partial charge in [-0.1, -0.05) is 23.7 Å². The minimum absolute atomic E-state index is 0.224. The van der Waals surface area contributed by atoms with E-state index in [2.05, 4.69) is 5.32 Å². The van der Waals surface area contributed by atoms with Crippen molar-refractivity contribution in [3.05, 3.63) is 76.3 Å². The Morgan fingerprint density at radius 2 is 1.86 bits per heavy atom. The summed E-state index contributed by atoms with van der Waals surface area (Å²) in [4.78, 5) is 23.6. The zero-order valence-corrected chi connectivity index (χ0v) is 21.0. The number of nitrogens with one attached hydrogen (secondary N) is 1. The lowest BCUT2D eigenvalue weighted by atomic mass is 10.0. The highest BCUT2D eigenvalue weighted by molar-refractivity contribution is 6.32. The van der Waals surface area contributed by atoms with Crippen molar-refractivity contribution in [2.75, 3.05) is 27.4 Å². The largest absolute Gasteiger partial charge is 0.506 e. The summed E-state index contributed by atoms with van der Waals surface area (Å²) in [6, 6.07) is 15.4. The predicted octanol–water partition coefficient (Wildman–Crippen LogP) is 5.64. The van der Waals surface area contributed by atoms with E-state index in [1.54, 1.807) is 50.6 Å². The van der Waals surface area contributed by atoms with Crippen molar-refractivity contribution < 1.29 is 38.4 Å². The smallest absolute Gasteiger partial charge is 0.493 e. The third-order valence-corrected chi connectivity index (χ3v) is 6.10. The zero-order chi connectivity index (χ0) is 26.4. The molecule has 10 heteroatoms. The lowest BCUT2D eigenvalue weighted by Crippen LogP contribution is -2.25. The first-order chi connectivity index (χ1) is 17.9. The highest BCUT2D eigenvalue weighted by Crippen LogP contribution is 2.42. The average molecular weight is 528 g/mol. The maximum absolute atomic E-state index is 12.6. The van der Waals surface area contributed by atoms with Gasteiger partial charge in [-0.05, 0) is 48.4 Å². The van der Waals surface area contributed by atoms with Crippen LogP contribution in [0.5, 0.6) is 28.7 Å². The number of halogens is 1. The van der Waals surface area contributed by atoms with E-state index in [-0.39, 0.29) is 10.9 Å². The summed E-state index contributed by atoms with van der Waals surface area (Å²) in [7, 11) is 3.16. The van der Waals surface area contributed by atoms with Crippen molar-refractivity contribution in [2.45, 2.75) is 18.9 Å². The molecule has 1 heterocycles. The summed E-state index contributed by atoms with van der Waals surface area (Å²) < 4.78 is 27.2. The van der Waals surface area contributed by atoms with Crippen molar-refractivity contribution in [1.29, 1.82) is 0 Å². The van der Waals surface area contributed by atoms with Crippen molar-refractivity contribution in [1.82, 2.24) is 5.32 Å². The Labute approximate surface area is 218 Å². The molecule has 0 saturated heterocycles. The highest BCUT2D eigenvalue weighted by atomic mass is 35.5. The molecule has 1 atom stereocenters. The van der Waals surface area contributed by atoms with Gasteiger partial charge < -0.3 is 34.1 Å². The Bertz CT molecular complexity index is 1280. The van der Waals surface area contributed by atoms with Crippen molar-refractivity contribution in [2.24, 2.45) is 0 Å². The quantitative estimate of drug-likeness (QED) is 0.344. The number of ether oxygens (including phenoxy) is 5. The number of carbonyl (C=O) groups excluding carboxylic acids is 1. The van der Waals surface area contributed by atoms with Gasteiger partial charge in [0.2, 0.25) is 0 Å². The van der Waals surface area contributed by atoms with Gasteiger partial charge >= 0.3 is 6.16 Å². The fourth-order valence-electron chi connectivity index (χ4n) is 4.05. The minimum Gasteiger partial charge on any atom is -0.493 e. The molecule has 3 aromatic rings. The number of amides is 1. The summed E-state index contributed by atoms with van der Waals surface area (Å²) >= 11 is 6.38. The van der Waals surface area contributed by atoms with E-state index in [1.165, 1.54) is 0 Å². The normalized spacial score (nSPS) is 14.1. The Morgan fingerprint density at radius 1 is 1.08 bits per heavy atom. The molecule has 0 aliphatic carbocycles. The van der Waals surface area contributed by atoms with Gasteiger partial charge in [0.25, 0.3) is 5.91 Å². The standard InChI is InChI=1S/C27H26ClNO8/c1-33-22-5-3-4-16(25(22)34-2)10-12-29-26(30)17-6-8-18(9-7-17)36-24-15-23-19(14-20(24)28)21(11-13-35-23)37-27(31)32/h3-9,14-15,21H,10-13H2,1-2H3,(H,29,30)(H,31,32). The van der Waals surface area contributed by atoms with Crippen LogP contribution in [0.4, 0.5) is 4.79 Å². The van der Waals surface area contributed by atoms with E-state index in [1.807, 2.05) is 18.2 Å². The van der Waals surface area contributed by atoms with Crippen molar-refractivity contribution in [3.63, 3.8) is 0 Å². The second-order valence-electron chi connectivity index (χ2n) is 8.11. The van der Waals surface area contributed by atoms with Crippen LogP contribution in [0.3, 0.4) is 0 Å². The first-order valence-electron chi connectivity index (χ1n) is 11.5. The highest BCUT2D eigenvalue weighted by Gasteiger charge is 2.27. The monoisotopic (exact) mass is 527 g/mol. The molecule has 2 N–H and O–H groups in total. The van der Waals surface area contributed by atoms with Crippen LogP contribution >= 0.6 is 11.6 Å². The third kappa shape index (κ3) is 6.18. The molecule has 3 aromatic carbocycles. The molecule has 37 heavy (non-hydrogen) atoms. The summed E-state index contributed by atoms with van der Waals surface area (Å²) in [6.45, 7) is 0.721. The first kappa shape index (κ1) is 26.0. The van der Waals surface area contributed by atoms with Crippen LogP contribution in [0.2, 0.25) is 5.02 Å². The molecular weight excluding hydrogens is 502 g/mol. The molecule has 0 aromatic heterocycles. The fraction of sp³-hybridized carbons (Fsp3) is 0.259. The van der Waals surface area contributed by atoms with E-state index in [0.717, 1.165) is 5.56 Å². The molecule has 4 rings (SSSR count). The van der Waals surface area contributed by atoms with Gasteiger partial charge in [-0.25, -0.2) is 4.79 Å². The lowest BCUT2D eigenvalue weighted by molar-refractivity contribution is 0.0326. The number of hydrogen-bond donors (Lipinski definition) is 2. The van der Waals surface area contributed by atoms with Gasteiger partial charge in [0.1, 0.15) is 23.4 Å². The maximum atomic E-state index is 12.6. The second kappa shape index (κ2) is 11.7. The molecule has 9 nitrogen and oxygen atoms in total. The number of hydrogen-bond acceptors (Lipinski definition) is 7. The predicted molar refractivity (Wildman–Crippen MR) is 136 cm³/mol. The van der Waals surface area contributed by atoms with Gasteiger partial charge in [0, 0.05) is 30.2 Å². The van der Waals surface area contributed by atoms with Gasteiger partial charge in [0.05, 0.1) is 25.8 Å². The fourth-order valence-corrected chi connectivity index (χ4v) is 4.26. The van der Waals surface area contributed by atoms with Crippen LogP contribution in [-0.2, 0) is 11.2 Å². The van der Waals surface area contributed by atoms with E-state index in [0.29, 0.717) is 65.9 Å².